The molecule has 24 heavy (non-hydrogen) atoms. The molecular formula is C15H19N7OS. The minimum absolute atomic E-state index is 0.625. The second-order valence-electron chi connectivity index (χ2n) is 5.59. The van der Waals surface area contributed by atoms with Gasteiger partial charge in [-0.1, -0.05) is 0 Å². The Bertz CT molecular complexity index is 639. The quantitative estimate of drug-likeness (QED) is 0.799. The predicted molar refractivity (Wildman–Crippen MR) is 93.4 cm³/mol. The smallest absolute Gasteiger partial charge is 0.230 e. The Morgan fingerprint density at radius 3 is 2.12 bits per heavy atom. The largest absolute Gasteiger partial charge is 0.378 e. The summed E-state index contributed by atoms with van der Waals surface area (Å²) in [5.74, 6) is 4.27. The van der Waals surface area contributed by atoms with Gasteiger partial charge in [-0.25, -0.2) is 9.97 Å². The average Bonchev–Trinajstić information content (AvgIpc) is 2.70. The van der Waals surface area contributed by atoms with E-state index < -0.39 is 0 Å². The second-order valence-corrected chi connectivity index (χ2v) is 6.81. The molecule has 0 aromatic carbocycles. The summed E-state index contributed by atoms with van der Waals surface area (Å²) < 4.78 is 5.44. The first-order valence-corrected chi connectivity index (χ1v) is 9.22. The molecule has 0 atom stereocenters. The van der Waals surface area contributed by atoms with Crippen molar-refractivity contribution in [2.75, 3.05) is 60.7 Å². The van der Waals surface area contributed by atoms with Gasteiger partial charge in [0.2, 0.25) is 11.9 Å². The van der Waals surface area contributed by atoms with Gasteiger partial charge in [0.05, 0.1) is 18.8 Å². The first-order chi connectivity index (χ1) is 11.9. The first-order valence-electron chi connectivity index (χ1n) is 8.07. The van der Waals surface area contributed by atoms with Crippen LogP contribution in [0.4, 0.5) is 11.9 Å². The molecule has 2 fully saturated rings. The van der Waals surface area contributed by atoms with E-state index in [4.69, 9.17) is 9.72 Å². The van der Waals surface area contributed by atoms with Gasteiger partial charge in [-0.05, 0) is 0 Å². The van der Waals surface area contributed by atoms with Crippen LogP contribution in [0.25, 0.3) is 11.4 Å². The number of thioether (sulfide) groups is 1. The maximum atomic E-state index is 5.44. The Kier molecular flexibility index (Phi) is 4.70. The van der Waals surface area contributed by atoms with E-state index in [9.17, 15) is 0 Å². The van der Waals surface area contributed by atoms with Crippen molar-refractivity contribution in [2.45, 2.75) is 0 Å². The zero-order valence-electron chi connectivity index (χ0n) is 13.3. The van der Waals surface area contributed by atoms with Crippen molar-refractivity contribution in [2.24, 2.45) is 0 Å². The van der Waals surface area contributed by atoms with E-state index >= 15 is 0 Å². The van der Waals surface area contributed by atoms with Crippen LogP contribution in [0.5, 0.6) is 0 Å². The third kappa shape index (κ3) is 3.41. The molecular weight excluding hydrogens is 326 g/mol. The van der Waals surface area contributed by atoms with Gasteiger partial charge in [0.15, 0.2) is 5.82 Å². The van der Waals surface area contributed by atoms with E-state index in [1.54, 1.807) is 12.4 Å². The fourth-order valence-corrected chi connectivity index (χ4v) is 3.61. The Balaban J connectivity index is 1.72. The standard InChI is InChI=1S/C15H19N7OS/c1-5-23-6-2-21(1)14-18-13(12-9-16-11-17-10-12)19-15(20-14)22-3-7-24-8-4-22/h9-11H,1-8H2. The summed E-state index contributed by atoms with van der Waals surface area (Å²) in [7, 11) is 0. The number of nitrogens with zero attached hydrogens (tertiary/aromatic N) is 7. The monoisotopic (exact) mass is 345 g/mol. The van der Waals surface area contributed by atoms with Crippen molar-refractivity contribution in [3.63, 3.8) is 0 Å². The SMILES string of the molecule is c1ncc(-c2nc(N3CCOCC3)nc(N3CCSCC3)n2)cn1. The maximum absolute atomic E-state index is 5.44. The lowest BCUT2D eigenvalue weighted by molar-refractivity contribution is 0.122. The average molecular weight is 345 g/mol. The van der Waals surface area contributed by atoms with Crippen molar-refractivity contribution in [1.29, 1.82) is 0 Å². The second kappa shape index (κ2) is 7.27. The lowest BCUT2D eigenvalue weighted by Gasteiger charge is -2.30. The Labute approximate surface area is 144 Å². The molecule has 0 unspecified atom stereocenters. The predicted octanol–water partition coefficient (Wildman–Crippen LogP) is 0.718. The van der Waals surface area contributed by atoms with Crippen molar-refractivity contribution >= 4 is 23.7 Å². The zero-order valence-corrected chi connectivity index (χ0v) is 14.2. The third-order valence-electron chi connectivity index (χ3n) is 4.02. The molecule has 2 aromatic heterocycles. The van der Waals surface area contributed by atoms with Crippen LogP contribution in [0.3, 0.4) is 0 Å². The van der Waals surface area contributed by atoms with Crippen molar-refractivity contribution < 1.29 is 4.74 Å². The highest BCUT2D eigenvalue weighted by atomic mass is 32.2. The van der Waals surface area contributed by atoms with Gasteiger partial charge in [0, 0.05) is 50.1 Å². The Morgan fingerprint density at radius 2 is 1.46 bits per heavy atom. The van der Waals surface area contributed by atoms with Crippen LogP contribution in [-0.4, -0.2) is 75.8 Å². The molecule has 0 amide bonds. The van der Waals surface area contributed by atoms with E-state index in [2.05, 4.69) is 29.7 Å². The lowest BCUT2D eigenvalue weighted by atomic mass is 10.3. The fraction of sp³-hybridized carbons (Fsp3) is 0.533. The highest BCUT2D eigenvalue weighted by Crippen LogP contribution is 2.22. The first kappa shape index (κ1) is 15.5. The van der Waals surface area contributed by atoms with E-state index in [1.807, 2.05) is 11.8 Å². The normalized spacial score (nSPS) is 18.7. The van der Waals surface area contributed by atoms with Gasteiger partial charge in [0.1, 0.15) is 6.33 Å². The van der Waals surface area contributed by atoms with Crippen molar-refractivity contribution in [1.82, 2.24) is 24.9 Å². The minimum atomic E-state index is 0.625. The molecule has 4 rings (SSSR count). The molecule has 9 heteroatoms. The Morgan fingerprint density at radius 1 is 0.833 bits per heavy atom. The molecule has 0 bridgehead atoms. The fourth-order valence-electron chi connectivity index (χ4n) is 2.71. The van der Waals surface area contributed by atoms with Gasteiger partial charge < -0.3 is 14.5 Å². The summed E-state index contributed by atoms with van der Waals surface area (Å²) in [6.07, 6.45) is 4.98. The summed E-state index contributed by atoms with van der Waals surface area (Å²) in [6, 6.07) is 0. The number of aromatic nitrogens is 5. The summed E-state index contributed by atoms with van der Waals surface area (Å²) >= 11 is 1.97. The Hall–Kier alpha value is -2.00. The highest BCUT2D eigenvalue weighted by Gasteiger charge is 2.21. The lowest BCUT2D eigenvalue weighted by Crippen LogP contribution is -2.39. The van der Waals surface area contributed by atoms with Crippen molar-refractivity contribution in [3.05, 3.63) is 18.7 Å². The molecule has 0 radical (unpaired) electrons. The maximum Gasteiger partial charge on any atom is 0.230 e. The number of rotatable bonds is 3. The van der Waals surface area contributed by atoms with E-state index in [0.717, 1.165) is 49.2 Å². The molecule has 2 aliphatic heterocycles. The minimum Gasteiger partial charge on any atom is -0.378 e. The summed E-state index contributed by atoms with van der Waals surface area (Å²) in [5, 5.41) is 0. The van der Waals surface area contributed by atoms with Crippen LogP contribution in [0, 0.1) is 0 Å². The molecule has 2 aromatic rings. The van der Waals surface area contributed by atoms with E-state index in [0.29, 0.717) is 25.0 Å². The topological polar surface area (TPSA) is 80.2 Å². The van der Waals surface area contributed by atoms with Crippen molar-refractivity contribution in [3.8, 4) is 11.4 Å². The van der Waals surface area contributed by atoms with Gasteiger partial charge in [-0.15, -0.1) is 0 Å². The van der Waals surface area contributed by atoms with Gasteiger partial charge in [-0.2, -0.15) is 26.7 Å². The van der Waals surface area contributed by atoms with Crippen LogP contribution >= 0.6 is 11.8 Å². The van der Waals surface area contributed by atoms with Gasteiger partial charge in [0.25, 0.3) is 0 Å². The molecule has 2 saturated heterocycles. The van der Waals surface area contributed by atoms with Gasteiger partial charge in [-0.3, -0.25) is 0 Å². The van der Waals surface area contributed by atoms with Crippen LogP contribution in [0.15, 0.2) is 18.7 Å². The summed E-state index contributed by atoms with van der Waals surface area (Å²) in [6.45, 7) is 4.91. The number of hydrogen-bond acceptors (Lipinski definition) is 9. The van der Waals surface area contributed by atoms with Crippen LogP contribution in [0.1, 0.15) is 0 Å². The summed E-state index contributed by atoms with van der Waals surface area (Å²) in [4.78, 5) is 26.6. The van der Waals surface area contributed by atoms with Crippen LogP contribution < -0.4 is 9.80 Å². The molecule has 0 saturated carbocycles. The van der Waals surface area contributed by atoms with Gasteiger partial charge >= 0.3 is 0 Å². The number of anilines is 2. The van der Waals surface area contributed by atoms with Crippen LogP contribution in [0.2, 0.25) is 0 Å². The van der Waals surface area contributed by atoms with E-state index in [1.165, 1.54) is 6.33 Å². The number of morpholine rings is 1. The molecule has 8 nitrogen and oxygen atoms in total. The highest BCUT2D eigenvalue weighted by molar-refractivity contribution is 7.99. The van der Waals surface area contributed by atoms with E-state index in [-0.39, 0.29) is 0 Å². The number of ether oxygens (including phenoxy) is 1. The molecule has 126 valence electrons. The zero-order chi connectivity index (χ0) is 16.2. The number of hydrogen-bond donors (Lipinski definition) is 0. The molecule has 0 spiro atoms. The molecule has 4 heterocycles. The third-order valence-corrected chi connectivity index (χ3v) is 4.96. The molecule has 0 aliphatic carbocycles. The molecule has 2 aliphatic rings. The summed E-state index contributed by atoms with van der Waals surface area (Å²) in [5.41, 5.74) is 0.807. The van der Waals surface area contributed by atoms with Crippen LogP contribution in [-0.2, 0) is 4.74 Å². The molecule has 0 N–H and O–H groups in total.